The molecule has 0 spiro atoms. The van der Waals surface area contributed by atoms with Crippen LogP contribution in [0.25, 0.3) is 17.1 Å². The molecule has 160 valence electrons. The van der Waals surface area contributed by atoms with Gasteiger partial charge in [0.2, 0.25) is 0 Å². The average molecular weight is 425 g/mol. The van der Waals surface area contributed by atoms with E-state index >= 15 is 0 Å². The lowest BCUT2D eigenvalue weighted by atomic mass is 10.1. The number of nitrogens with zero attached hydrogens (tertiary/aromatic N) is 6. The molecule has 0 aliphatic carbocycles. The molecule has 0 amide bonds. The van der Waals surface area contributed by atoms with Gasteiger partial charge in [-0.2, -0.15) is 0 Å². The number of nitrogens with one attached hydrogen (secondary N) is 1. The highest BCUT2D eigenvalue weighted by molar-refractivity contribution is 6.12. The molecule has 4 heterocycles. The van der Waals surface area contributed by atoms with Gasteiger partial charge in [0, 0.05) is 11.8 Å². The van der Waals surface area contributed by atoms with E-state index < -0.39 is 0 Å². The van der Waals surface area contributed by atoms with Crippen LogP contribution in [0.2, 0.25) is 0 Å². The molecule has 5 rings (SSSR count). The van der Waals surface area contributed by atoms with Gasteiger partial charge in [0.1, 0.15) is 11.5 Å². The monoisotopic (exact) mass is 425 g/mol. The molecule has 1 aliphatic rings. The Morgan fingerprint density at radius 3 is 2.56 bits per heavy atom. The van der Waals surface area contributed by atoms with E-state index in [9.17, 15) is 5.11 Å². The second kappa shape index (κ2) is 7.65. The third-order valence-electron chi connectivity index (χ3n) is 5.83. The third kappa shape index (κ3) is 3.16. The number of aromatic nitrogens is 5. The summed E-state index contributed by atoms with van der Waals surface area (Å²) in [5.41, 5.74) is 6.38. The normalized spacial score (nSPS) is 15.3. The summed E-state index contributed by atoms with van der Waals surface area (Å²) >= 11 is 0. The Balaban J connectivity index is 1.50. The number of pyridine rings is 1. The molecule has 32 heavy (non-hydrogen) atoms. The fourth-order valence-electron chi connectivity index (χ4n) is 4.21. The van der Waals surface area contributed by atoms with E-state index in [4.69, 9.17) is 5.41 Å². The fourth-order valence-corrected chi connectivity index (χ4v) is 4.21. The maximum atomic E-state index is 9.88. The van der Waals surface area contributed by atoms with Crippen LogP contribution in [0, 0.1) is 19.3 Å². The Hall–Kier alpha value is -3.91. The molecule has 0 saturated carbocycles. The number of anilines is 1. The number of aliphatic hydroxyl groups is 1. The molecule has 2 N–H and O–H groups in total. The second-order valence-corrected chi connectivity index (χ2v) is 7.96. The van der Waals surface area contributed by atoms with Crippen LogP contribution in [0.15, 0.2) is 55.0 Å². The molecule has 1 aromatic carbocycles. The number of imidazole rings is 1. The number of benzene rings is 1. The van der Waals surface area contributed by atoms with Crippen molar-refractivity contribution in [2.24, 2.45) is 0 Å². The number of rotatable bonds is 4. The number of aryl methyl sites for hydroxylation is 2. The van der Waals surface area contributed by atoms with Gasteiger partial charge in [-0.25, -0.2) is 9.97 Å². The Morgan fingerprint density at radius 2 is 1.88 bits per heavy atom. The number of fused-ring (bicyclic) bond motifs is 1. The minimum absolute atomic E-state index is 0.00888. The smallest absolute Gasteiger partial charge is 0.160 e. The van der Waals surface area contributed by atoms with Gasteiger partial charge in [-0.05, 0) is 50.1 Å². The number of amidine groups is 1. The van der Waals surface area contributed by atoms with Crippen LogP contribution in [0.3, 0.4) is 0 Å². The van der Waals surface area contributed by atoms with Gasteiger partial charge in [-0.15, -0.1) is 10.2 Å². The van der Waals surface area contributed by atoms with Crippen LogP contribution in [-0.2, 0) is 6.61 Å². The Kier molecular flexibility index (Phi) is 4.79. The van der Waals surface area contributed by atoms with Crippen molar-refractivity contribution in [3.63, 3.8) is 0 Å². The summed E-state index contributed by atoms with van der Waals surface area (Å²) < 4.78 is 1.84. The summed E-state index contributed by atoms with van der Waals surface area (Å²) in [6, 6.07) is 13.7. The van der Waals surface area contributed by atoms with E-state index in [1.54, 1.807) is 6.33 Å². The summed E-state index contributed by atoms with van der Waals surface area (Å²) in [6.45, 7) is 5.75. The summed E-state index contributed by atoms with van der Waals surface area (Å²) in [5, 5.41) is 27.4. The second-order valence-electron chi connectivity index (χ2n) is 7.96. The zero-order valence-corrected chi connectivity index (χ0v) is 18.1. The molecule has 8 heteroatoms. The first-order valence-electron chi connectivity index (χ1n) is 10.4. The molecule has 0 unspecified atom stereocenters. The van der Waals surface area contributed by atoms with Gasteiger partial charge in [-0.1, -0.05) is 24.3 Å². The Morgan fingerprint density at radius 1 is 1.06 bits per heavy atom. The van der Waals surface area contributed by atoms with Crippen molar-refractivity contribution in [3.8, 4) is 17.1 Å². The van der Waals surface area contributed by atoms with E-state index in [0.717, 1.165) is 28.1 Å². The maximum absolute atomic E-state index is 9.88. The summed E-state index contributed by atoms with van der Waals surface area (Å²) in [5.74, 6) is 1.09. The lowest BCUT2D eigenvalue weighted by molar-refractivity contribution is 0.276. The number of hydrogen-bond acceptors (Lipinski definition) is 6. The minimum Gasteiger partial charge on any atom is -0.390 e. The van der Waals surface area contributed by atoms with Gasteiger partial charge in [-0.3, -0.25) is 5.41 Å². The van der Waals surface area contributed by atoms with E-state index in [1.165, 1.54) is 0 Å². The van der Waals surface area contributed by atoms with Crippen LogP contribution in [0.1, 0.15) is 41.0 Å². The summed E-state index contributed by atoms with van der Waals surface area (Å²) in [4.78, 5) is 10.8. The van der Waals surface area contributed by atoms with Gasteiger partial charge in [0.25, 0.3) is 0 Å². The fraction of sp³-hybridized carbons (Fsp3) is 0.208. The van der Waals surface area contributed by atoms with Crippen LogP contribution >= 0.6 is 0 Å². The van der Waals surface area contributed by atoms with Gasteiger partial charge >= 0.3 is 0 Å². The van der Waals surface area contributed by atoms with E-state index in [1.807, 2.05) is 65.9 Å². The van der Waals surface area contributed by atoms with Gasteiger partial charge in [0.05, 0.1) is 41.7 Å². The van der Waals surface area contributed by atoms with Crippen LogP contribution in [0.5, 0.6) is 0 Å². The summed E-state index contributed by atoms with van der Waals surface area (Å²) in [7, 11) is 0. The molecule has 0 bridgehead atoms. The Labute approximate surface area is 185 Å². The van der Waals surface area contributed by atoms with Crippen molar-refractivity contribution in [3.05, 3.63) is 83.1 Å². The quantitative estimate of drug-likeness (QED) is 0.516. The van der Waals surface area contributed by atoms with Crippen molar-refractivity contribution in [2.75, 3.05) is 4.90 Å². The zero-order chi connectivity index (χ0) is 22.4. The number of hydrogen-bond donors (Lipinski definition) is 2. The molecular formula is C24H23N7O. The molecule has 1 atom stereocenters. The zero-order valence-electron chi connectivity index (χ0n) is 18.1. The largest absolute Gasteiger partial charge is 0.390 e. The Bertz CT molecular complexity index is 1340. The molecule has 0 fully saturated rings. The van der Waals surface area contributed by atoms with Crippen molar-refractivity contribution in [1.29, 1.82) is 5.41 Å². The topological polar surface area (TPSA) is 104 Å². The van der Waals surface area contributed by atoms with Gasteiger partial charge in [0.15, 0.2) is 5.82 Å². The highest BCUT2D eigenvalue weighted by Crippen LogP contribution is 2.37. The SMILES string of the molecule is Cc1cn(-c2ccc(-c3cc(C)c(N4C(=N)c5ccccc5[C@@H]4C)nn3)nc2CO)cn1. The predicted octanol–water partition coefficient (Wildman–Crippen LogP) is 3.74. The van der Waals surface area contributed by atoms with Crippen molar-refractivity contribution >= 4 is 11.7 Å². The third-order valence-corrected chi connectivity index (χ3v) is 5.83. The summed E-state index contributed by atoms with van der Waals surface area (Å²) in [6.07, 6.45) is 3.59. The van der Waals surface area contributed by atoms with Crippen LogP contribution in [0.4, 0.5) is 5.82 Å². The molecule has 0 saturated heterocycles. The molecule has 0 radical (unpaired) electrons. The maximum Gasteiger partial charge on any atom is 0.160 e. The van der Waals surface area contributed by atoms with Crippen LogP contribution in [-0.4, -0.2) is 35.7 Å². The highest BCUT2D eigenvalue weighted by atomic mass is 16.3. The lowest BCUT2D eigenvalue weighted by Gasteiger charge is -2.24. The predicted molar refractivity (Wildman–Crippen MR) is 122 cm³/mol. The van der Waals surface area contributed by atoms with Crippen molar-refractivity contribution in [2.45, 2.75) is 33.4 Å². The lowest BCUT2D eigenvalue weighted by Crippen LogP contribution is -2.28. The van der Waals surface area contributed by atoms with E-state index in [2.05, 4.69) is 33.2 Å². The van der Waals surface area contributed by atoms with E-state index in [-0.39, 0.29) is 12.6 Å². The molecule has 3 aromatic heterocycles. The highest BCUT2D eigenvalue weighted by Gasteiger charge is 2.33. The van der Waals surface area contributed by atoms with Crippen molar-refractivity contribution < 1.29 is 5.11 Å². The standard InChI is InChI=1S/C24H23N7O/c1-14-10-20(19-8-9-22(21(12-32)27-19)30-11-15(2)26-13-30)28-29-24(14)31-16(3)17-6-4-5-7-18(17)23(31)25/h4-11,13,16,25,32H,12H2,1-3H3/t16-/m0/s1. The molecule has 8 nitrogen and oxygen atoms in total. The van der Waals surface area contributed by atoms with Crippen molar-refractivity contribution in [1.82, 2.24) is 24.7 Å². The number of aliphatic hydroxyl groups excluding tert-OH is 1. The first kappa shape index (κ1) is 20.0. The first-order chi connectivity index (χ1) is 15.5. The molecule has 1 aliphatic heterocycles. The minimum atomic E-state index is -0.203. The van der Waals surface area contributed by atoms with Gasteiger partial charge < -0.3 is 14.6 Å². The molecular weight excluding hydrogens is 402 g/mol. The average Bonchev–Trinajstić information content (AvgIpc) is 3.35. The first-order valence-corrected chi connectivity index (χ1v) is 10.4. The van der Waals surface area contributed by atoms with E-state index in [0.29, 0.717) is 28.7 Å². The van der Waals surface area contributed by atoms with Crippen LogP contribution < -0.4 is 4.90 Å². The molecule has 4 aromatic rings.